The fraction of sp³-hybridized carbons (Fsp3) is 0.797. The minimum absolute atomic E-state index is 0.0704. The number of carbonyl (C=O) groups is 3. The second kappa shape index (κ2) is 68.3. The first kappa shape index (κ1) is 76.9. The van der Waals surface area contributed by atoms with Crippen LogP contribution in [0.4, 0.5) is 0 Å². The second-order valence-corrected chi connectivity index (χ2v) is 23.4. The summed E-state index contributed by atoms with van der Waals surface area (Å²) in [5.41, 5.74) is 0. The molecule has 0 saturated carbocycles. The fourth-order valence-electron chi connectivity index (χ4n) is 10.2. The van der Waals surface area contributed by atoms with Crippen molar-refractivity contribution in [2.75, 3.05) is 13.2 Å². The van der Waals surface area contributed by atoms with E-state index in [1.807, 2.05) is 0 Å². The number of rotatable bonds is 64. The lowest BCUT2D eigenvalue weighted by Gasteiger charge is -2.18. The molecule has 1 unspecified atom stereocenters. The Morgan fingerprint density at radius 3 is 0.775 bits per heavy atom. The van der Waals surface area contributed by atoms with Crippen molar-refractivity contribution in [3.05, 3.63) is 72.9 Å². The number of allylic oxidation sites excluding steroid dienone is 12. The van der Waals surface area contributed by atoms with E-state index in [9.17, 15) is 14.4 Å². The molecule has 0 N–H and O–H groups in total. The van der Waals surface area contributed by atoms with Crippen LogP contribution in [0.3, 0.4) is 0 Å². The predicted molar refractivity (Wildman–Crippen MR) is 348 cm³/mol. The molecule has 464 valence electrons. The van der Waals surface area contributed by atoms with Gasteiger partial charge in [-0.2, -0.15) is 0 Å². The molecule has 0 aromatic rings. The van der Waals surface area contributed by atoms with Gasteiger partial charge in [0.1, 0.15) is 13.2 Å². The van der Waals surface area contributed by atoms with E-state index in [0.29, 0.717) is 19.3 Å². The maximum atomic E-state index is 12.9. The summed E-state index contributed by atoms with van der Waals surface area (Å²) in [6.45, 7) is 6.57. The van der Waals surface area contributed by atoms with Gasteiger partial charge in [0.05, 0.1) is 0 Å². The molecule has 0 amide bonds. The maximum Gasteiger partial charge on any atom is 0.306 e. The average Bonchev–Trinajstić information content (AvgIpc) is 3.46. The first-order valence-electron chi connectivity index (χ1n) is 34.9. The Kier molecular flexibility index (Phi) is 65.7. The van der Waals surface area contributed by atoms with Gasteiger partial charge in [0, 0.05) is 19.3 Å². The lowest BCUT2D eigenvalue weighted by molar-refractivity contribution is -0.167. The summed E-state index contributed by atoms with van der Waals surface area (Å²) in [6.07, 6.45) is 89.3. The summed E-state index contributed by atoms with van der Waals surface area (Å²) >= 11 is 0. The Labute approximate surface area is 497 Å². The van der Waals surface area contributed by atoms with Crippen molar-refractivity contribution in [3.8, 4) is 0 Å². The van der Waals surface area contributed by atoms with E-state index >= 15 is 0 Å². The van der Waals surface area contributed by atoms with Gasteiger partial charge in [-0.1, -0.05) is 325 Å². The van der Waals surface area contributed by atoms with Crippen LogP contribution in [0, 0.1) is 0 Å². The number of ether oxygens (including phenoxy) is 3. The zero-order valence-electron chi connectivity index (χ0n) is 53.3. The van der Waals surface area contributed by atoms with Crippen molar-refractivity contribution in [3.63, 3.8) is 0 Å². The highest BCUT2D eigenvalue weighted by molar-refractivity contribution is 5.71. The van der Waals surface area contributed by atoms with Gasteiger partial charge in [0.2, 0.25) is 0 Å². The summed E-state index contributed by atoms with van der Waals surface area (Å²) in [7, 11) is 0. The van der Waals surface area contributed by atoms with Gasteiger partial charge >= 0.3 is 17.9 Å². The van der Waals surface area contributed by atoms with Gasteiger partial charge in [-0.3, -0.25) is 14.4 Å². The van der Waals surface area contributed by atoms with Crippen molar-refractivity contribution < 1.29 is 28.6 Å². The number of hydrogen-bond acceptors (Lipinski definition) is 6. The van der Waals surface area contributed by atoms with E-state index < -0.39 is 6.10 Å². The van der Waals surface area contributed by atoms with Crippen molar-refractivity contribution in [1.82, 2.24) is 0 Å². The summed E-state index contributed by atoms with van der Waals surface area (Å²) in [4.78, 5) is 38.4. The summed E-state index contributed by atoms with van der Waals surface area (Å²) in [5.74, 6) is -0.851. The molecular weight excluding hydrogens is 985 g/mol. The molecule has 0 aliphatic rings. The van der Waals surface area contributed by atoms with Crippen molar-refractivity contribution in [1.29, 1.82) is 0 Å². The second-order valence-electron chi connectivity index (χ2n) is 23.4. The van der Waals surface area contributed by atoms with E-state index in [-0.39, 0.29) is 31.1 Å². The van der Waals surface area contributed by atoms with Crippen LogP contribution in [0.25, 0.3) is 0 Å². The molecule has 0 aromatic heterocycles. The maximum absolute atomic E-state index is 12.9. The Morgan fingerprint density at radius 1 is 0.263 bits per heavy atom. The van der Waals surface area contributed by atoms with E-state index in [1.165, 1.54) is 231 Å². The van der Waals surface area contributed by atoms with Crippen LogP contribution in [0.2, 0.25) is 0 Å². The predicted octanol–water partition coefficient (Wildman–Crippen LogP) is 24.1. The third-order valence-electron chi connectivity index (χ3n) is 15.4. The molecule has 0 spiro atoms. The molecule has 0 fully saturated rings. The van der Waals surface area contributed by atoms with Crippen LogP contribution < -0.4 is 0 Å². The third-order valence-corrected chi connectivity index (χ3v) is 15.4. The van der Waals surface area contributed by atoms with Crippen LogP contribution in [-0.4, -0.2) is 37.2 Å². The van der Waals surface area contributed by atoms with Gasteiger partial charge in [-0.25, -0.2) is 0 Å². The zero-order chi connectivity index (χ0) is 57.8. The highest BCUT2D eigenvalue weighted by atomic mass is 16.6. The number of hydrogen-bond donors (Lipinski definition) is 0. The Balaban J connectivity index is 4.18. The van der Waals surface area contributed by atoms with Gasteiger partial charge in [-0.05, 0) is 89.9 Å². The topological polar surface area (TPSA) is 78.9 Å². The van der Waals surface area contributed by atoms with E-state index in [1.54, 1.807) is 0 Å². The van der Waals surface area contributed by atoms with E-state index in [0.717, 1.165) is 89.9 Å². The molecule has 6 heteroatoms. The normalized spacial score (nSPS) is 12.5. The molecule has 1 atom stereocenters. The van der Waals surface area contributed by atoms with Crippen LogP contribution in [0.5, 0.6) is 0 Å². The standard InChI is InChI=1S/C74H132O6/c1-4-7-10-13-16-19-22-25-27-29-31-32-33-34-35-36-37-38-39-40-41-42-44-45-47-49-52-55-58-61-64-67-73(76)79-70-71(69-78-72(75)66-63-60-57-54-51-24-21-18-15-12-9-6-3)80-74(77)68-65-62-59-56-53-50-48-46-43-30-28-26-23-20-17-14-11-8-5-2/h7,10,16,19,25-28,31-32,34-35,71H,4-6,8-9,11-15,17-18,20-24,29-30,33,36-70H2,1-3H3/b10-7-,19-16-,27-25-,28-26-,32-31-,35-34-. The quantitative estimate of drug-likeness (QED) is 0.0261. The largest absolute Gasteiger partial charge is 0.462 e. The molecule has 0 bridgehead atoms. The summed E-state index contributed by atoms with van der Waals surface area (Å²) in [6, 6.07) is 0. The zero-order valence-corrected chi connectivity index (χ0v) is 53.3. The smallest absolute Gasteiger partial charge is 0.306 e. The van der Waals surface area contributed by atoms with Gasteiger partial charge in [0.15, 0.2) is 6.10 Å². The van der Waals surface area contributed by atoms with Gasteiger partial charge < -0.3 is 14.2 Å². The van der Waals surface area contributed by atoms with Gasteiger partial charge in [0.25, 0.3) is 0 Å². The number of carbonyl (C=O) groups excluding carboxylic acids is 3. The first-order valence-corrected chi connectivity index (χ1v) is 34.9. The number of esters is 3. The molecule has 0 radical (unpaired) electrons. The molecule has 0 heterocycles. The Hall–Kier alpha value is -3.15. The third kappa shape index (κ3) is 65.7. The lowest BCUT2D eigenvalue weighted by Crippen LogP contribution is -2.30. The van der Waals surface area contributed by atoms with Gasteiger partial charge in [-0.15, -0.1) is 0 Å². The molecule has 80 heavy (non-hydrogen) atoms. The Morgan fingerprint density at radius 2 is 0.487 bits per heavy atom. The molecule has 0 aliphatic carbocycles. The minimum atomic E-state index is -0.774. The Bertz CT molecular complexity index is 1470. The highest BCUT2D eigenvalue weighted by Crippen LogP contribution is 2.18. The minimum Gasteiger partial charge on any atom is -0.462 e. The van der Waals surface area contributed by atoms with Crippen LogP contribution in [-0.2, 0) is 28.6 Å². The molecule has 0 saturated heterocycles. The number of unbranched alkanes of at least 4 members (excludes halogenated alkanes) is 41. The molecule has 0 aliphatic heterocycles. The lowest BCUT2D eigenvalue weighted by atomic mass is 10.0. The molecular formula is C74H132O6. The van der Waals surface area contributed by atoms with E-state index in [2.05, 4.69) is 93.7 Å². The van der Waals surface area contributed by atoms with Crippen LogP contribution in [0.15, 0.2) is 72.9 Å². The monoisotopic (exact) mass is 1120 g/mol. The fourth-order valence-corrected chi connectivity index (χ4v) is 10.2. The van der Waals surface area contributed by atoms with Crippen LogP contribution >= 0.6 is 0 Å². The first-order chi connectivity index (χ1) is 39.5. The van der Waals surface area contributed by atoms with Crippen molar-refractivity contribution in [2.24, 2.45) is 0 Å². The summed E-state index contributed by atoms with van der Waals surface area (Å²) in [5, 5.41) is 0. The average molecular weight is 1120 g/mol. The van der Waals surface area contributed by atoms with Crippen molar-refractivity contribution in [2.45, 2.75) is 367 Å². The molecule has 0 aromatic carbocycles. The SMILES string of the molecule is CC/C=C\C/C=C\C/C=C\C/C=C\C/C=C\CCCCCCCCCCCCCCCCCC(=O)OCC(COC(=O)CCCCCCCCCCCCCC)OC(=O)CCCCCCCCCCC/C=C\CCCCCCCC. The molecule has 0 rings (SSSR count). The highest BCUT2D eigenvalue weighted by Gasteiger charge is 2.19. The summed E-state index contributed by atoms with van der Waals surface area (Å²) < 4.78 is 17.0. The molecule has 6 nitrogen and oxygen atoms in total. The van der Waals surface area contributed by atoms with Crippen molar-refractivity contribution >= 4 is 17.9 Å². The van der Waals surface area contributed by atoms with E-state index in [4.69, 9.17) is 14.2 Å². The van der Waals surface area contributed by atoms with Crippen LogP contribution in [0.1, 0.15) is 361 Å².